The summed E-state index contributed by atoms with van der Waals surface area (Å²) in [6.45, 7) is 3.87. The van der Waals surface area contributed by atoms with E-state index in [1.807, 2.05) is 13.0 Å². The van der Waals surface area contributed by atoms with Crippen LogP contribution in [0.5, 0.6) is 5.75 Å². The number of esters is 3. The highest BCUT2D eigenvalue weighted by molar-refractivity contribution is 6.00. The van der Waals surface area contributed by atoms with Crippen LogP contribution in [0, 0.1) is 18.7 Å². The number of ether oxygens (including phenoxy) is 4. The van der Waals surface area contributed by atoms with Gasteiger partial charge in [-0.1, -0.05) is 142 Å². The van der Waals surface area contributed by atoms with Crippen molar-refractivity contribution in [3.63, 3.8) is 0 Å². The van der Waals surface area contributed by atoms with Crippen molar-refractivity contribution in [1.29, 1.82) is 0 Å². The van der Waals surface area contributed by atoms with Crippen LogP contribution in [0.1, 0.15) is 106 Å². The lowest BCUT2D eigenvalue weighted by molar-refractivity contribution is -0.171. The van der Waals surface area contributed by atoms with Gasteiger partial charge in [0.25, 0.3) is 11.8 Å². The highest BCUT2D eigenvalue weighted by Crippen LogP contribution is 2.30. The molecule has 0 bridgehead atoms. The van der Waals surface area contributed by atoms with Crippen molar-refractivity contribution in [2.75, 3.05) is 13.3 Å². The maximum Gasteiger partial charge on any atom is 0.366 e. The number of furan rings is 1. The zero-order valence-corrected chi connectivity index (χ0v) is 43.4. The van der Waals surface area contributed by atoms with Crippen LogP contribution in [0.4, 0.5) is 4.39 Å². The summed E-state index contributed by atoms with van der Waals surface area (Å²) >= 11 is 0. The van der Waals surface area contributed by atoms with Crippen molar-refractivity contribution in [1.82, 2.24) is 21.0 Å². The molecular formula is C59H61FN4O14. The lowest BCUT2D eigenvalue weighted by atomic mass is 9.90. The van der Waals surface area contributed by atoms with Gasteiger partial charge in [0.2, 0.25) is 12.3 Å². The van der Waals surface area contributed by atoms with Crippen LogP contribution in [-0.2, 0) is 62.8 Å². The zero-order valence-electron chi connectivity index (χ0n) is 43.4. The van der Waals surface area contributed by atoms with E-state index >= 15 is 0 Å². The van der Waals surface area contributed by atoms with Gasteiger partial charge in [0.15, 0.2) is 12.4 Å². The van der Waals surface area contributed by atoms with E-state index < -0.39 is 78.4 Å². The minimum atomic E-state index is -1.53. The number of aryl methyl sites for hydroxylation is 1. The van der Waals surface area contributed by atoms with Gasteiger partial charge in [0, 0.05) is 5.56 Å². The number of amides is 4. The van der Waals surface area contributed by atoms with Gasteiger partial charge in [-0.05, 0) is 72.4 Å². The molecule has 78 heavy (non-hydrogen) atoms. The normalized spacial score (nSPS) is 11.9. The summed E-state index contributed by atoms with van der Waals surface area (Å²) in [5, 5.41) is 8.54. The molecule has 0 fully saturated rings. The molecule has 6 aromatic rings. The van der Waals surface area contributed by atoms with E-state index in [0.717, 1.165) is 29.5 Å². The molecule has 408 valence electrons. The number of hydrogen-bond acceptors (Lipinski definition) is 14. The fraction of sp³-hybridized carbons (Fsp3) is 0.288. The van der Waals surface area contributed by atoms with Gasteiger partial charge in [-0.15, -0.1) is 0 Å². The van der Waals surface area contributed by atoms with Crippen LogP contribution in [0.25, 0.3) is 11.3 Å². The van der Waals surface area contributed by atoms with E-state index in [-0.39, 0.29) is 73.3 Å². The van der Waals surface area contributed by atoms with Gasteiger partial charge in [-0.2, -0.15) is 5.06 Å². The molecule has 3 N–H and O–H groups in total. The lowest BCUT2D eigenvalue weighted by Crippen LogP contribution is -2.49. The number of halogens is 1. The van der Waals surface area contributed by atoms with Gasteiger partial charge in [-0.25, -0.2) is 18.8 Å². The summed E-state index contributed by atoms with van der Waals surface area (Å²) < 4.78 is 42.8. The second kappa shape index (κ2) is 29.8. The molecular weight excluding hydrogens is 1010 g/mol. The molecule has 1 heterocycles. The molecule has 19 heteroatoms. The molecule has 18 nitrogen and oxygen atoms in total. The molecule has 0 unspecified atom stereocenters. The number of carbonyl (C=O) groups excluding carboxylic acids is 8. The van der Waals surface area contributed by atoms with Crippen LogP contribution in [0.2, 0.25) is 0 Å². The van der Waals surface area contributed by atoms with E-state index in [2.05, 4.69) is 16.0 Å². The molecule has 0 aliphatic heterocycles. The molecule has 6 rings (SSSR count). The van der Waals surface area contributed by atoms with Gasteiger partial charge >= 0.3 is 23.9 Å². The predicted octanol–water partition coefficient (Wildman–Crippen LogP) is 8.50. The van der Waals surface area contributed by atoms with Crippen LogP contribution >= 0.6 is 0 Å². The van der Waals surface area contributed by atoms with E-state index in [9.17, 15) is 42.7 Å². The minimum absolute atomic E-state index is 0.0582. The minimum Gasteiger partial charge on any atom is -0.481 e. The summed E-state index contributed by atoms with van der Waals surface area (Å²) in [5.41, 5.74) is 2.14. The Morgan fingerprint density at radius 2 is 1.32 bits per heavy atom. The first-order valence-electron chi connectivity index (χ1n) is 25.3. The van der Waals surface area contributed by atoms with Crippen molar-refractivity contribution < 1.29 is 70.9 Å². The van der Waals surface area contributed by atoms with Crippen molar-refractivity contribution in [3.05, 3.63) is 184 Å². The number of rotatable bonds is 29. The topological polar surface area (TPSA) is 235 Å². The largest absolute Gasteiger partial charge is 0.481 e. The molecule has 0 aliphatic rings. The second-order valence-corrected chi connectivity index (χ2v) is 17.9. The zero-order chi connectivity index (χ0) is 55.8. The Morgan fingerprint density at radius 1 is 0.692 bits per heavy atom. The van der Waals surface area contributed by atoms with E-state index in [1.54, 1.807) is 91.9 Å². The molecule has 0 aliphatic carbocycles. The molecule has 1 aromatic heterocycles. The third-order valence-corrected chi connectivity index (χ3v) is 12.3. The lowest BCUT2D eigenvalue weighted by Gasteiger charge is -2.32. The molecule has 0 spiro atoms. The first-order valence-corrected chi connectivity index (χ1v) is 25.3. The number of hydrogen-bond donors (Lipinski definition) is 3. The molecule has 0 saturated carbocycles. The van der Waals surface area contributed by atoms with Crippen molar-refractivity contribution in [2.24, 2.45) is 5.92 Å². The maximum absolute atomic E-state index is 14.6. The third kappa shape index (κ3) is 17.2. The number of nitrogens with one attached hydrogen (secondary N) is 3. The quantitative estimate of drug-likeness (QED) is 0.00998. The average molecular weight is 1070 g/mol. The first kappa shape index (κ1) is 58.1. The van der Waals surface area contributed by atoms with E-state index in [4.69, 9.17) is 28.2 Å². The number of carbonyl (C=O) groups is 8. The molecule has 5 aromatic carbocycles. The number of nitrogens with zero attached hydrogens (tertiary/aromatic N) is 1. The summed E-state index contributed by atoms with van der Waals surface area (Å²) in [5.74, 6) is -7.74. The third-order valence-electron chi connectivity index (χ3n) is 12.3. The monoisotopic (exact) mass is 1070 g/mol. The molecule has 0 radical (unpaired) electrons. The summed E-state index contributed by atoms with van der Waals surface area (Å²) in [6, 6.07) is 35.2. The second-order valence-electron chi connectivity index (χ2n) is 17.9. The number of unbranched alkanes of at least 4 members (excludes halogenated alkanes) is 2. The number of hydroxylamine groups is 2. The summed E-state index contributed by atoms with van der Waals surface area (Å²) in [4.78, 5) is 112. The molecule has 3 atom stereocenters. The molecule has 0 saturated heterocycles. The Bertz CT molecular complexity index is 2970. The van der Waals surface area contributed by atoms with Crippen LogP contribution < -0.4 is 20.7 Å². The Morgan fingerprint density at radius 3 is 1.92 bits per heavy atom. The van der Waals surface area contributed by atoms with Crippen molar-refractivity contribution >= 4 is 48.0 Å². The van der Waals surface area contributed by atoms with E-state index in [1.165, 1.54) is 49.4 Å². The predicted molar refractivity (Wildman–Crippen MR) is 281 cm³/mol. The number of benzene rings is 5. The Hall–Kier alpha value is -9.13. The van der Waals surface area contributed by atoms with Crippen molar-refractivity contribution in [2.45, 2.75) is 91.2 Å². The fourth-order valence-corrected chi connectivity index (χ4v) is 8.12. The van der Waals surface area contributed by atoms with Crippen LogP contribution in [0.15, 0.2) is 144 Å². The SMILES string of the molecule is CCCCC[C@@H](C(=O)NCNC(=O)c1ccc(-c2ccc(C(=O)N[C@@H](CC(=O)OCc3ccccc3)C(=O)OCc3ccccc3)c(OCC(=O)OCc3ccccc3)c2)o1)[C@@H](CC)N(C=O)OC(=O)c1c(C)cccc1F. The van der Waals surface area contributed by atoms with Gasteiger partial charge in [-0.3, -0.25) is 24.0 Å². The highest BCUT2D eigenvalue weighted by atomic mass is 19.1. The van der Waals surface area contributed by atoms with Gasteiger partial charge in [0.05, 0.1) is 30.6 Å². The summed E-state index contributed by atoms with van der Waals surface area (Å²) in [7, 11) is 0. The van der Waals surface area contributed by atoms with E-state index in [0.29, 0.717) is 29.5 Å². The van der Waals surface area contributed by atoms with Crippen LogP contribution in [-0.4, -0.2) is 78.4 Å². The smallest absolute Gasteiger partial charge is 0.366 e. The Balaban J connectivity index is 1.16. The standard InChI is InChI=1S/C59H61FN4O14/c1-4-6-10-25-44(48(5-2)64(38-65)78-59(72)54-39(3)18-17-26-46(54)60)55(68)61-37-62-57(70)50-30-29-49(77-50)43-27-28-45(51(31-43)73-36-53(67)75-34-41-21-13-8-14-22-41)56(69)63-47(58(71)76-35-42-23-15-9-16-24-42)32-52(66)74-33-40-19-11-7-12-20-40/h7-9,11-24,26-31,38,44,47-48H,4-6,10,25,32-37H2,1-3H3,(H,61,68)(H,62,70)(H,63,69)/t44-,47+,48-/m1/s1. The van der Waals surface area contributed by atoms with Crippen molar-refractivity contribution in [3.8, 4) is 17.1 Å². The fourth-order valence-electron chi connectivity index (χ4n) is 8.12. The highest BCUT2D eigenvalue weighted by Gasteiger charge is 2.35. The maximum atomic E-state index is 14.6. The average Bonchev–Trinajstić information content (AvgIpc) is 3.99. The Labute approximate surface area is 450 Å². The van der Waals surface area contributed by atoms with Gasteiger partial charge < -0.3 is 44.2 Å². The Kier molecular flexibility index (Phi) is 22.2. The summed E-state index contributed by atoms with van der Waals surface area (Å²) in [6.07, 6.45) is 2.33. The van der Waals surface area contributed by atoms with Crippen LogP contribution in [0.3, 0.4) is 0 Å². The first-order chi connectivity index (χ1) is 37.8. The molecule has 4 amide bonds. The van der Waals surface area contributed by atoms with Gasteiger partial charge in [0.1, 0.15) is 48.8 Å².